The smallest absolute Gasteiger partial charge is 0.241 e. The summed E-state index contributed by atoms with van der Waals surface area (Å²) in [7, 11) is 0. The topological polar surface area (TPSA) is 45.4 Å². The highest BCUT2D eigenvalue weighted by atomic mass is 19.1. The van der Waals surface area contributed by atoms with Gasteiger partial charge >= 0.3 is 0 Å². The summed E-state index contributed by atoms with van der Waals surface area (Å²) in [5, 5.41) is 4.12. The molecule has 28 heavy (non-hydrogen) atoms. The Hall–Kier alpha value is -2.57. The molecule has 0 unspecified atom stereocenters. The van der Waals surface area contributed by atoms with Gasteiger partial charge in [-0.15, -0.1) is 0 Å². The average Bonchev–Trinajstić information content (AvgIpc) is 3.20. The number of hydrogen-bond donors (Lipinski definition) is 0. The zero-order valence-corrected chi connectivity index (χ0v) is 16.1. The highest BCUT2D eigenvalue weighted by Gasteiger charge is 2.20. The van der Waals surface area contributed by atoms with Crippen molar-refractivity contribution in [3.63, 3.8) is 0 Å². The Bertz CT molecular complexity index is 901. The molecule has 0 saturated carbocycles. The predicted molar refractivity (Wildman–Crippen MR) is 106 cm³/mol. The van der Waals surface area contributed by atoms with Gasteiger partial charge in [0, 0.05) is 43.9 Å². The zero-order chi connectivity index (χ0) is 19.3. The summed E-state index contributed by atoms with van der Waals surface area (Å²) in [6.07, 6.45) is 1.01. The monoisotopic (exact) mass is 380 g/mol. The van der Waals surface area contributed by atoms with E-state index in [0.717, 1.165) is 43.7 Å². The predicted octanol–water partition coefficient (Wildman–Crippen LogP) is 3.76. The molecule has 0 atom stereocenters. The van der Waals surface area contributed by atoms with Crippen molar-refractivity contribution in [2.45, 2.75) is 26.4 Å². The lowest BCUT2D eigenvalue weighted by atomic mass is 10.1. The van der Waals surface area contributed by atoms with Crippen LogP contribution in [-0.2, 0) is 19.5 Å². The van der Waals surface area contributed by atoms with Crippen LogP contribution in [0, 0.1) is 5.82 Å². The number of nitrogens with zero attached hydrogens (tertiary/aromatic N) is 4. The van der Waals surface area contributed by atoms with E-state index in [9.17, 15) is 4.39 Å². The summed E-state index contributed by atoms with van der Waals surface area (Å²) in [5.41, 5.74) is 3.02. The Kier molecular flexibility index (Phi) is 5.78. The molecule has 0 aliphatic carbocycles. The molecule has 1 aromatic heterocycles. The van der Waals surface area contributed by atoms with E-state index in [0.29, 0.717) is 24.8 Å². The maximum absolute atomic E-state index is 13.8. The minimum atomic E-state index is -0.129. The molecule has 1 fully saturated rings. The van der Waals surface area contributed by atoms with Gasteiger partial charge in [-0.05, 0) is 18.1 Å². The number of rotatable bonds is 6. The fraction of sp³-hybridized carbons (Fsp3) is 0.364. The van der Waals surface area contributed by atoms with Crippen LogP contribution in [0.2, 0.25) is 0 Å². The SMILES string of the molecule is CCc1ccc(-c2noc(CN3CCN(Cc4ccccc4F)CC3)n2)cc1. The Morgan fingerprint density at radius 2 is 1.61 bits per heavy atom. The van der Waals surface area contributed by atoms with E-state index in [1.807, 2.05) is 24.3 Å². The molecule has 0 bridgehead atoms. The molecule has 0 N–H and O–H groups in total. The first-order chi connectivity index (χ1) is 13.7. The third kappa shape index (κ3) is 4.46. The molecule has 1 aliphatic rings. The molecular weight excluding hydrogens is 355 g/mol. The van der Waals surface area contributed by atoms with Crippen LogP contribution in [0.25, 0.3) is 11.4 Å². The van der Waals surface area contributed by atoms with Crippen molar-refractivity contribution < 1.29 is 8.91 Å². The Balaban J connectivity index is 1.30. The maximum atomic E-state index is 13.8. The summed E-state index contributed by atoms with van der Waals surface area (Å²) < 4.78 is 19.3. The highest BCUT2D eigenvalue weighted by Crippen LogP contribution is 2.18. The number of aryl methyl sites for hydroxylation is 1. The van der Waals surface area contributed by atoms with Crippen LogP contribution in [0.4, 0.5) is 4.39 Å². The quantitative estimate of drug-likeness (QED) is 0.652. The van der Waals surface area contributed by atoms with Crippen LogP contribution >= 0.6 is 0 Å². The van der Waals surface area contributed by atoms with E-state index in [1.54, 1.807) is 6.07 Å². The van der Waals surface area contributed by atoms with E-state index in [4.69, 9.17) is 4.52 Å². The normalized spacial score (nSPS) is 15.8. The number of hydrogen-bond acceptors (Lipinski definition) is 5. The minimum absolute atomic E-state index is 0.129. The number of piperazine rings is 1. The van der Waals surface area contributed by atoms with Gasteiger partial charge in [-0.2, -0.15) is 4.98 Å². The van der Waals surface area contributed by atoms with Crippen molar-refractivity contribution in [1.82, 2.24) is 19.9 Å². The van der Waals surface area contributed by atoms with Gasteiger partial charge in [0.1, 0.15) is 5.82 Å². The lowest BCUT2D eigenvalue weighted by Gasteiger charge is -2.33. The second-order valence-electron chi connectivity index (χ2n) is 7.21. The van der Waals surface area contributed by atoms with Crippen LogP contribution in [0.3, 0.4) is 0 Å². The van der Waals surface area contributed by atoms with E-state index in [-0.39, 0.29) is 5.82 Å². The van der Waals surface area contributed by atoms with Crippen LogP contribution in [0.15, 0.2) is 53.1 Å². The number of halogens is 1. The molecule has 0 spiro atoms. The fourth-order valence-electron chi connectivity index (χ4n) is 3.49. The molecule has 2 heterocycles. The van der Waals surface area contributed by atoms with Crippen molar-refractivity contribution in [3.8, 4) is 11.4 Å². The van der Waals surface area contributed by atoms with Gasteiger partial charge in [0.15, 0.2) is 0 Å². The standard InChI is InChI=1S/C22H25FN4O/c1-2-17-7-9-18(10-8-17)22-24-21(28-25-22)16-27-13-11-26(12-14-27)15-19-5-3-4-6-20(19)23/h3-10H,2,11-16H2,1H3. The van der Waals surface area contributed by atoms with Crippen LogP contribution < -0.4 is 0 Å². The first kappa shape index (κ1) is 18.8. The second kappa shape index (κ2) is 8.63. The Labute approximate surface area is 164 Å². The first-order valence-electron chi connectivity index (χ1n) is 9.81. The maximum Gasteiger partial charge on any atom is 0.241 e. The lowest BCUT2D eigenvalue weighted by Crippen LogP contribution is -2.45. The van der Waals surface area contributed by atoms with Gasteiger partial charge in [-0.1, -0.05) is 54.5 Å². The molecule has 0 amide bonds. The largest absolute Gasteiger partial charge is 0.338 e. The fourth-order valence-corrected chi connectivity index (χ4v) is 3.49. The van der Waals surface area contributed by atoms with Crippen molar-refractivity contribution >= 4 is 0 Å². The van der Waals surface area contributed by atoms with Crippen molar-refractivity contribution in [1.29, 1.82) is 0 Å². The molecule has 3 aromatic rings. The average molecular weight is 380 g/mol. The first-order valence-corrected chi connectivity index (χ1v) is 9.81. The van der Waals surface area contributed by atoms with E-state index in [2.05, 4.69) is 39.0 Å². The lowest BCUT2D eigenvalue weighted by molar-refractivity contribution is 0.111. The third-order valence-electron chi connectivity index (χ3n) is 5.26. The van der Waals surface area contributed by atoms with Gasteiger partial charge in [-0.3, -0.25) is 9.80 Å². The Morgan fingerprint density at radius 3 is 2.29 bits per heavy atom. The third-order valence-corrected chi connectivity index (χ3v) is 5.26. The summed E-state index contributed by atoms with van der Waals surface area (Å²) in [6, 6.07) is 15.3. The minimum Gasteiger partial charge on any atom is -0.338 e. The molecular formula is C22H25FN4O. The van der Waals surface area contributed by atoms with Gasteiger partial charge in [0.2, 0.25) is 11.7 Å². The molecule has 146 valence electrons. The van der Waals surface area contributed by atoms with Gasteiger partial charge in [-0.25, -0.2) is 4.39 Å². The van der Waals surface area contributed by atoms with Crippen molar-refractivity contribution in [2.75, 3.05) is 26.2 Å². The van der Waals surface area contributed by atoms with Gasteiger partial charge < -0.3 is 4.52 Å². The summed E-state index contributed by atoms with van der Waals surface area (Å²) in [4.78, 5) is 9.13. The van der Waals surface area contributed by atoms with Crippen molar-refractivity contribution in [3.05, 3.63) is 71.4 Å². The number of benzene rings is 2. The van der Waals surface area contributed by atoms with E-state index < -0.39 is 0 Å². The highest BCUT2D eigenvalue weighted by molar-refractivity contribution is 5.54. The molecule has 1 saturated heterocycles. The van der Waals surface area contributed by atoms with Crippen LogP contribution in [0.1, 0.15) is 23.9 Å². The summed E-state index contributed by atoms with van der Waals surface area (Å²) in [5.74, 6) is 1.14. The summed E-state index contributed by atoms with van der Waals surface area (Å²) >= 11 is 0. The van der Waals surface area contributed by atoms with Crippen molar-refractivity contribution in [2.24, 2.45) is 0 Å². The molecule has 6 heteroatoms. The Morgan fingerprint density at radius 1 is 0.929 bits per heavy atom. The molecule has 5 nitrogen and oxygen atoms in total. The van der Waals surface area contributed by atoms with E-state index in [1.165, 1.54) is 11.6 Å². The van der Waals surface area contributed by atoms with E-state index >= 15 is 0 Å². The summed E-state index contributed by atoms with van der Waals surface area (Å²) in [6.45, 7) is 7.03. The molecule has 1 aliphatic heterocycles. The van der Waals surface area contributed by atoms with Gasteiger partial charge in [0.25, 0.3) is 0 Å². The van der Waals surface area contributed by atoms with Crippen LogP contribution in [-0.4, -0.2) is 46.1 Å². The molecule has 4 rings (SSSR count). The molecule has 0 radical (unpaired) electrons. The zero-order valence-electron chi connectivity index (χ0n) is 16.1. The van der Waals surface area contributed by atoms with Crippen LogP contribution in [0.5, 0.6) is 0 Å². The van der Waals surface area contributed by atoms with Gasteiger partial charge in [0.05, 0.1) is 6.54 Å². The molecule has 2 aromatic carbocycles. The second-order valence-corrected chi connectivity index (χ2v) is 7.21. The number of aromatic nitrogens is 2.